The van der Waals surface area contributed by atoms with Gasteiger partial charge in [-0.15, -0.1) is 4.99 Å². The number of hydrogen-bond acceptors (Lipinski definition) is 3. The smallest absolute Gasteiger partial charge is 0.260 e. The Hall–Kier alpha value is -1.93. The predicted octanol–water partition coefficient (Wildman–Crippen LogP) is 0.674. The van der Waals surface area contributed by atoms with E-state index in [1.807, 2.05) is 0 Å². The van der Waals surface area contributed by atoms with Gasteiger partial charge in [0.1, 0.15) is 0 Å². The first kappa shape index (κ1) is 9.16. The maximum atomic E-state index is 10.9. The summed E-state index contributed by atoms with van der Waals surface area (Å²) in [5, 5.41) is 0. The number of nitrogen functional groups attached to an aromatic ring is 1. The van der Waals surface area contributed by atoms with Crippen LogP contribution in [0.1, 0.15) is 5.56 Å². The number of amides is 1. The third-order valence-electron chi connectivity index (χ3n) is 1.57. The second-order valence-electron chi connectivity index (χ2n) is 2.47. The van der Waals surface area contributed by atoms with E-state index in [0.717, 1.165) is 0 Å². The molecule has 4 nitrogen and oxygen atoms in total. The van der Waals surface area contributed by atoms with Crippen molar-refractivity contribution in [3.8, 4) is 0 Å². The van der Waals surface area contributed by atoms with Crippen LogP contribution >= 0.6 is 0 Å². The third-order valence-corrected chi connectivity index (χ3v) is 1.57. The molecule has 0 saturated heterocycles. The minimum atomic E-state index is -0.534. The molecule has 0 saturated carbocycles. The summed E-state index contributed by atoms with van der Waals surface area (Å²) in [6, 6.07) is 6.94. The molecule has 0 spiro atoms. The van der Waals surface area contributed by atoms with E-state index >= 15 is 0 Å². The van der Waals surface area contributed by atoms with Crippen molar-refractivity contribution >= 4 is 17.7 Å². The van der Waals surface area contributed by atoms with Crippen LogP contribution in [0.2, 0.25) is 0 Å². The summed E-state index contributed by atoms with van der Waals surface area (Å²) in [5.74, 6) is -0.534. The molecule has 0 radical (unpaired) electrons. The Labute approximate surface area is 75.1 Å². The summed E-state index contributed by atoms with van der Waals surface area (Å²) in [6.45, 7) is 0. The Morgan fingerprint density at radius 1 is 1.46 bits per heavy atom. The molecule has 0 aromatic heterocycles. The SMILES string of the molecule is Nc1ccccc1CC(=O)N=C=O. The van der Waals surface area contributed by atoms with Gasteiger partial charge in [0.25, 0.3) is 5.91 Å². The van der Waals surface area contributed by atoms with Gasteiger partial charge in [-0.05, 0) is 11.6 Å². The summed E-state index contributed by atoms with van der Waals surface area (Å²) < 4.78 is 0. The maximum Gasteiger partial charge on any atom is 0.260 e. The van der Waals surface area contributed by atoms with Crippen LogP contribution in [0.5, 0.6) is 0 Å². The summed E-state index contributed by atoms with van der Waals surface area (Å²) in [6.07, 6.45) is 1.24. The van der Waals surface area contributed by atoms with Crippen LogP contribution in [0, 0.1) is 0 Å². The van der Waals surface area contributed by atoms with Crippen LogP contribution in [0.25, 0.3) is 0 Å². The number of nitrogens with zero attached hydrogens (tertiary/aromatic N) is 1. The number of carbonyl (C=O) groups is 1. The van der Waals surface area contributed by atoms with E-state index in [-0.39, 0.29) is 6.42 Å². The maximum absolute atomic E-state index is 10.9. The van der Waals surface area contributed by atoms with E-state index < -0.39 is 5.91 Å². The summed E-state index contributed by atoms with van der Waals surface area (Å²) in [5.41, 5.74) is 6.77. The lowest BCUT2D eigenvalue weighted by atomic mass is 10.1. The normalized spacial score (nSPS) is 8.92. The number of hydrogen-bond donors (Lipinski definition) is 1. The predicted molar refractivity (Wildman–Crippen MR) is 47.7 cm³/mol. The standard InChI is InChI=1S/C9H8N2O2/c10-8-4-2-1-3-7(8)5-9(13)11-6-12/h1-4H,5,10H2. The number of carbonyl (C=O) groups excluding carboxylic acids is 2. The van der Waals surface area contributed by atoms with Gasteiger partial charge in [-0.1, -0.05) is 18.2 Å². The van der Waals surface area contributed by atoms with Gasteiger partial charge in [-0.25, -0.2) is 4.79 Å². The van der Waals surface area contributed by atoms with E-state index in [9.17, 15) is 9.59 Å². The molecular formula is C9H8N2O2. The molecule has 13 heavy (non-hydrogen) atoms. The molecule has 1 rings (SSSR count). The molecule has 1 aromatic rings. The van der Waals surface area contributed by atoms with Gasteiger partial charge >= 0.3 is 0 Å². The molecule has 0 bridgehead atoms. The van der Waals surface area contributed by atoms with Gasteiger partial charge in [0.2, 0.25) is 6.08 Å². The highest BCUT2D eigenvalue weighted by atomic mass is 16.2. The van der Waals surface area contributed by atoms with Gasteiger partial charge < -0.3 is 5.73 Å². The lowest BCUT2D eigenvalue weighted by Gasteiger charge is -2.00. The first-order valence-corrected chi connectivity index (χ1v) is 3.68. The number of anilines is 1. The fraction of sp³-hybridized carbons (Fsp3) is 0.111. The largest absolute Gasteiger partial charge is 0.398 e. The molecule has 2 N–H and O–H groups in total. The van der Waals surface area contributed by atoms with Crippen molar-refractivity contribution in [3.05, 3.63) is 29.8 Å². The number of rotatable bonds is 2. The van der Waals surface area contributed by atoms with E-state index in [2.05, 4.69) is 4.99 Å². The van der Waals surface area contributed by atoms with Crippen LogP contribution in [-0.2, 0) is 16.0 Å². The minimum Gasteiger partial charge on any atom is -0.398 e. The Balaban J connectivity index is 2.80. The fourth-order valence-corrected chi connectivity index (χ4v) is 0.949. The Morgan fingerprint density at radius 2 is 2.15 bits per heavy atom. The highest BCUT2D eigenvalue weighted by Crippen LogP contribution is 2.11. The zero-order valence-corrected chi connectivity index (χ0v) is 6.86. The molecule has 1 amide bonds. The quantitative estimate of drug-likeness (QED) is 0.409. The first-order chi connectivity index (χ1) is 6.24. The number of benzene rings is 1. The Morgan fingerprint density at radius 3 is 2.77 bits per heavy atom. The average Bonchev–Trinajstić information content (AvgIpc) is 2.09. The molecule has 0 aliphatic rings. The van der Waals surface area contributed by atoms with E-state index in [4.69, 9.17) is 5.73 Å². The van der Waals surface area contributed by atoms with Crippen molar-refractivity contribution in [2.24, 2.45) is 4.99 Å². The van der Waals surface area contributed by atoms with Crippen LogP contribution < -0.4 is 5.73 Å². The van der Waals surface area contributed by atoms with E-state index in [1.165, 1.54) is 6.08 Å². The van der Waals surface area contributed by atoms with Crippen molar-refractivity contribution < 1.29 is 9.59 Å². The minimum absolute atomic E-state index is 0.0436. The number of isocyanates is 1. The molecular weight excluding hydrogens is 168 g/mol. The lowest BCUT2D eigenvalue weighted by Crippen LogP contribution is -2.01. The molecule has 0 aliphatic carbocycles. The molecule has 0 aliphatic heterocycles. The highest BCUT2D eigenvalue weighted by Gasteiger charge is 2.03. The Kier molecular flexibility index (Phi) is 2.95. The first-order valence-electron chi connectivity index (χ1n) is 3.68. The lowest BCUT2D eigenvalue weighted by molar-refractivity contribution is -0.117. The third kappa shape index (κ3) is 2.54. The average molecular weight is 176 g/mol. The molecule has 1 aromatic carbocycles. The van der Waals surface area contributed by atoms with Crippen molar-refractivity contribution in [2.45, 2.75) is 6.42 Å². The number of para-hydroxylation sites is 1. The summed E-state index contributed by atoms with van der Waals surface area (Å²) >= 11 is 0. The van der Waals surface area contributed by atoms with E-state index in [0.29, 0.717) is 11.3 Å². The topological polar surface area (TPSA) is 72.5 Å². The number of aliphatic imine (C=N–C) groups is 1. The fourth-order valence-electron chi connectivity index (χ4n) is 0.949. The van der Waals surface area contributed by atoms with Gasteiger partial charge in [0, 0.05) is 5.69 Å². The van der Waals surface area contributed by atoms with Gasteiger partial charge in [-0.3, -0.25) is 4.79 Å². The van der Waals surface area contributed by atoms with Crippen molar-refractivity contribution in [1.82, 2.24) is 0 Å². The monoisotopic (exact) mass is 176 g/mol. The zero-order valence-electron chi connectivity index (χ0n) is 6.86. The molecule has 0 unspecified atom stereocenters. The zero-order chi connectivity index (χ0) is 9.68. The van der Waals surface area contributed by atoms with Crippen LogP contribution in [0.3, 0.4) is 0 Å². The van der Waals surface area contributed by atoms with E-state index in [1.54, 1.807) is 24.3 Å². The second-order valence-corrected chi connectivity index (χ2v) is 2.47. The molecule has 0 fully saturated rings. The molecule has 0 heterocycles. The van der Waals surface area contributed by atoms with Crippen molar-refractivity contribution in [2.75, 3.05) is 5.73 Å². The molecule has 4 heteroatoms. The van der Waals surface area contributed by atoms with Gasteiger partial charge in [0.05, 0.1) is 6.42 Å². The number of nitrogens with two attached hydrogens (primary N) is 1. The Bertz CT molecular complexity index is 368. The second kappa shape index (κ2) is 4.18. The van der Waals surface area contributed by atoms with Crippen molar-refractivity contribution in [3.63, 3.8) is 0 Å². The summed E-state index contributed by atoms with van der Waals surface area (Å²) in [4.78, 5) is 23.6. The van der Waals surface area contributed by atoms with Crippen LogP contribution in [0.15, 0.2) is 29.3 Å². The van der Waals surface area contributed by atoms with Crippen molar-refractivity contribution in [1.29, 1.82) is 0 Å². The van der Waals surface area contributed by atoms with Crippen LogP contribution in [0.4, 0.5) is 5.69 Å². The molecule has 66 valence electrons. The van der Waals surface area contributed by atoms with Crippen LogP contribution in [-0.4, -0.2) is 12.0 Å². The highest BCUT2D eigenvalue weighted by molar-refractivity contribution is 5.84. The van der Waals surface area contributed by atoms with Gasteiger partial charge in [0.15, 0.2) is 0 Å². The molecule has 0 atom stereocenters. The van der Waals surface area contributed by atoms with Gasteiger partial charge in [-0.2, -0.15) is 0 Å². The summed E-state index contributed by atoms with van der Waals surface area (Å²) in [7, 11) is 0.